The van der Waals surface area contributed by atoms with Gasteiger partial charge in [-0.2, -0.15) is 0 Å². The SMILES string of the molecule is O=C(Nc1ccc(-n2ccnc2)nc1)C1CCNCC1. The number of pyridine rings is 1. The second-order valence-corrected chi connectivity index (χ2v) is 4.89. The Morgan fingerprint density at radius 2 is 2.20 bits per heavy atom. The van der Waals surface area contributed by atoms with Gasteiger partial charge >= 0.3 is 0 Å². The maximum atomic E-state index is 12.1. The van der Waals surface area contributed by atoms with Crippen molar-refractivity contribution < 1.29 is 4.79 Å². The van der Waals surface area contributed by atoms with E-state index in [2.05, 4.69) is 20.6 Å². The topological polar surface area (TPSA) is 71.8 Å². The van der Waals surface area contributed by atoms with Crippen LogP contribution < -0.4 is 10.6 Å². The first-order valence-corrected chi connectivity index (χ1v) is 6.79. The first-order valence-electron chi connectivity index (χ1n) is 6.79. The van der Waals surface area contributed by atoms with Gasteiger partial charge in [-0.25, -0.2) is 9.97 Å². The molecule has 3 rings (SSSR count). The minimum Gasteiger partial charge on any atom is -0.324 e. The summed E-state index contributed by atoms with van der Waals surface area (Å²) in [4.78, 5) is 20.4. The number of piperidine rings is 1. The highest BCUT2D eigenvalue weighted by molar-refractivity contribution is 5.92. The first kappa shape index (κ1) is 12.8. The van der Waals surface area contributed by atoms with Crippen LogP contribution in [0.5, 0.6) is 0 Å². The molecule has 2 aromatic heterocycles. The number of anilines is 1. The van der Waals surface area contributed by atoms with Gasteiger partial charge in [-0.15, -0.1) is 0 Å². The molecule has 0 saturated carbocycles. The van der Waals surface area contributed by atoms with Crippen LogP contribution in [-0.4, -0.2) is 33.5 Å². The summed E-state index contributed by atoms with van der Waals surface area (Å²) >= 11 is 0. The maximum Gasteiger partial charge on any atom is 0.227 e. The Morgan fingerprint density at radius 3 is 2.85 bits per heavy atom. The van der Waals surface area contributed by atoms with Gasteiger partial charge < -0.3 is 10.6 Å². The molecule has 1 aliphatic rings. The predicted octanol–water partition coefficient (Wildman–Crippen LogP) is 1.21. The number of amides is 1. The minimum absolute atomic E-state index is 0.0867. The Hall–Kier alpha value is -2.21. The van der Waals surface area contributed by atoms with Gasteiger partial charge in [0.15, 0.2) is 0 Å². The summed E-state index contributed by atoms with van der Waals surface area (Å²) < 4.78 is 1.82. The lowest BCUT2D eigenvalue weighted by molar-refractivity contribution is -0.120. The number of aromatic nitrogens is 3. The fourth-order valence-corrected chi connectivity index (χ4v) is 2.34. The van der Waals surface area contributed by atoms with Crippen LogP contribution in [0.15, 0.2) is 37.1 Å². The quantitative estimate of drug-likeness (QED) is 0.880. The van der Waals surface area contributed by atoms with E-state index in [0.717, 1.165) is 37.4 Å². The van der Waals surface area contributed by atoms with E-state index in [9.17, 15) is 4.79 Å². The van der Waals surface area contributed by atoms with E-state index in [1.807, 2.05) is 22.9 Å². The normalized spacial score (nSPS) is 16.0. The van der Waals surface area contributed by atoms with Crippen molar-refractivity contribution in [1.82, 2.24) is 19.9 Å². The number of rotatable bonds is 3. The zero-order chi connectivity index (χ0) is 13.8. The van der Waals surface area contributed by atoms with Gasteiger partial charge in [0.25, 0.3) is 0 Å². The molecule has 6 nitrogen and oxygen atoms in total. The Labute approximate surface area is 117 Å². The van der Waals surface area contributed by atoms with Crippen LogP contribution in [0.3, 0.4) is 0 Å². The van der Waals surface area contributed by atoms with Gasteiger partial charge in [-0.05, 0) is 38.1 Å². The standard InChI is InChI=1S/C14H17N5O/c20-14(11-3-5-15-6-4-11)18-12-1-2-13(17-9-12)19-8-7-16-10-19/h1-2,7-11,15H,3-6H2,(H,18,20). The van der Waals surface area contributed by atoms with Crippen molar-refractivity contribution in [2.45, 2.75) is 12.8 Å². The third kappa shape index (κ3) is 2.85. The lowest BCUT2D eigenvalue weighted by Gasteiger charge is -2.21. The van der Waals surface area contributed by atoms with Crippen LogP contribution in [0, 0.1) is 5.92 Å². The zero-order valence-corrected chi connectivity index (χ0v) is 11.1. The number of carbonyl (C=O) groups excluding carboxylic acids is 1. The molecule has 0 aliphatic carbocycles. The second kappa shape index (κ2) is 5.83. The highest BCUT2D eigenvalue weighted by atomic mass is 16.1. The van der Waals surface area contributed by atoms with Gasteiger partial charge in [0.2, 0.25) is 5.91 Å². The Kier molecular flexibility index (Phi) is 3.73. The summed E-state index contributed by atoms with van der Waals surface area (Å²) in [5.74, 6) is 0.968. The van der Waals surface area contributed by atoms with Crippen molar-refractivity contribution in [3.05, 3.63) is 37.1 Å². The van der Waals surface area contributed by atoms with E-state index in [-0.39, 0.29) is 11.8 Å². The van der Waals surface area contributed by atoms with Gasteiger partial charge in [-0.1, -0.05) is 0 Å². The highest BCUT2D eigenvalue weighted by Gasteiger charge is 2.20. The monoisotopic (exact) mass is 271 g/mol. The molecule has 0 radical (unpaired) electrons. The number of nitrogens with one attached hydrogen (secondary N) is 2. The average Bonchev–Trinajstić information content (AvgIpc) is 3.03. The molecule has 0 atom stereocenters. The third-order valence-corrected chi connectivity index (χ3v) is 3.49. The summed E-state index contributed by atoms with van der Waals surface area (Å²) in [7, 11) is 0. The van der Waals surface area contributed by atoms with E-state index < -0.39 is 0 Å². The Balaban J connectivity index is 1.64. The molecular weight excluding hydrogens is 254 g/mol. The van der Waals surface area contributed by atoms with Crippen LogP contribution in [0.4, 0.5) is 5.69 Å². The Bertz CT molecular complexity index is 558. The molecule has 1 aliphatic heterocycles. The third-order valence-electron chi connectivity index (χ3n) is 3.49. The molecule has 6 heteroatoms. The number of hydrogen-bond donors (Lipinski definition) is 2. The van der Waals surface area contributed by atoms with Crippen LogP contribution in [0.2, 0.25) is 0 Å². The van der Waals surface area contributed by atoms with Gasteiger partial charge in [0, 0.05) is 18.3 Å². The summed E-state index contributed by atoms with van der Waals surface area (Å²) in [6.45, 7) is 1.83. The summed E-state index contributed by atoms with van der Waals surface area (Å²) in [5, 5.41) is 6.19. The number of carbonyl (C=O) groups is 1. The molecule has 0 bridgehead atoms. The molecule has 104 valence electrons. The van der Waals surface area contributed by atoms with E-state index in [1.165, 1.54) is 0 Å². The number of hydrogen-bond acceptors (Lipinski definition) is 4. The molecule has 2 aromatic rings. The molecule has 20 heavy (non-hydrogen) atoms. The molecule has 1 fully saturated rings. The molecular formula is C14H17N5O. The Morgan fingerprint density at radius 1 is 1.35 bits per heavy atom. The van der Waals surface area contributed by atoms with E-state index in [1.54, 1.807) is 18.7 Å². The molecule has 3 heterocycles. The molecule has 1 saturated heterocycles. The first-order chi connectivity index (χ1) is 9.83. The fraction of sp³-hybridized carbons (Fsp3) is 0.357. The predicted molar refractivity (Wildman–Crippen MR) is 75.6 cm³/mol. The highest BCUT2D eigenvalue weighted by Crippen LogP contribution is 2.15. The van der Waals surface area contributed by atoms with E-state index in [4.69, 9.17) is 0 Å². The molecule has 0 spiro atoms. The molecule has 2 N–H and O–H groups in total. The fourth-order valence-electron chi connectivity index (χ4n) is 2.34. The van der Waals surface area contributed by atoms with Crippen LogP contribution in [0.1, 0.15) is 12.8 Å². The van der Waals surface area contributed by atoms with Crippen LogP contribution in [-0.2, 0) is 4.79 Å². The lowest BCUT2D eigenvalue weighted by atomic mass is 9.97. The summed E-state index contributed by atoms with van der Waals surface area (Å²) in [6, 6.07) is 3.72. The van der Waals surface area contributed by atoms with Crippen molar-refractivity contribution in [3.63, 3.8) is 0 Å². The molecule has 1 amide bonds. The van der Waals surface area contributed by atoms with E-state index >= 15 is 0 Å². The molecule has 0 aromatic carbocycles. The number of nitrogens with zero attached hydrogens (tertiary/aromatic N) is 3. The average molecular weight is 271 g/mol. The minimum atomic E-state index is 0.0867. The number of imidazole rings is 1. The molecule has 0 unspecified atom stereocenters. The van der Waals surface area contributed by atoms with Crippen molar-refractivity contribution in [2.24, 2.45) is 5.92 Å². The summed E-state index contributed by atoms with van der Waals surface area (Å²) in [6.07, 6.45) is 8.69. The maximum absolute atomic E-state index is 12.1. The van der Waals surface area contributed by atoms with Crippen LogP contribution >= 0.6 is 0 Å². The van der Waals surface area contributed by atoms with Gasteiger partial charge in [0.05, 0.1) is 11.9 Å². The van der Waals surface area contributed by atoms with Crippen LogP contribution in [0.25, 0.3) is 5.82 Å². The largest absolute Gasteiger partial charge is 0.324 e. The van der Waals surface area contributed by atoms with Crippen molar-refractivity contribution in [3.8, 4) is 5.82 Å². The second-order valence-electron chi connectivity index (χ2n) is 4.89. The van der Waals surface area contributed by atoms with Crippen molar-refractivity contribution >= 4 is 11.6 Å². The van der Waals surface area contributed by atoms with E-state index in [0.29, 0.717) is 0 Å². The van der Waals surface area contributed by atoms with Gasteiger partial charge in [0.1, 0.15) is 12.1 Å². The van der Waals surface area contributed by atoms with Crippen molar-refractivity contribution in [2.75, 3.05) is 18.4 Å². The smallest absolute Gasteiger partial charge is 0.227 e. The zero-order valence-electron chi connectivity index (χ0n) is 11.1. The lowest BCUT2D eigenvalue weighted by Crippen LogP contribution is -2.34. The van der Waals surface area contributed by atoms with Crippen molar-refractivity contribution in [1.29, 1.82) is 0 Å². The summed E-state index contributed by atoms with van der Waals surface area (Å²) in [5.41, 5.74) is 0.734. The van der Waals surface area contributed by atoms with Gasteiger partial charge in [-0.3, -0.25) is 9.36 Å².